The minimum absolute atomic E-state index is 0.0230. The highest BCUT2D eigenvalue weighted by Gasteiger charge is 2.45. The fourth-order valence-corrected chi connectivity index (χ4v) is 4.74. The van der Waals surface area contributed by atoms with Crippen molar-refractivity contribution in [3.8, 4) is 0 Å². The normalized spacial score (nSPS) is 21.0. The van der Waals surface area contributed by atoms with Crippen LogP contribution in [0.4, 0.5) is 0 Å². The molecule has 1 saturated carbocycles. The van der Waals surface area contributed by atoms with Gasteiger partial charge in [0, 0.05) is 16.7 Å². The molecule has 0 saturated heterocycles. The van der Waals surface area contributed by atoms with Crippen LogP contribution in [0.5, 0.6) is 0 Å². The number of carboxylic acid groups (broad SMARTS) is 1. The Morgan fingerprint density at radius 3 is 2.74 bits per heavy atom. The maximum absolute atomic E-state index is 12.4. The van der Waals surface area contributed by atoms with Crippen LogP contribution in [0, 0.1) is 19.8 Å². The van der Waals surface area contributed by atoms with Crippen LogP contribution >= 0.6 is 22.7 Å². The Kier molecular flexibility index (Phi) is 4.25. The van der Waals surface area contributed by atoms with Crippen LogP contribution < -0.4 is 5.32 Å². The van der Waals surface area contributed by atoms with Gasteiger partial charge in [-0.1, -0.05) is 0 Å². The Hall–Kier alpha value is -1.73. The number of aryl methyl sites for hydroxylation is 2. The number of hydrogen-bond donors (Lipinski definition) is 2. The number of thiophene rings is 1. The second-order valence-corrected chi connectivity index (χ2v) is 7.90. The van der Waals surface area contributed by atoms with E-state index in [-0.39, 0.29) is 22.7 Å². The van der Waals surface area contributed by atoms with E-state index in [1.54, 1.807) is 18.3 Å². The topological polar surface area (TPSA) is 79.3 Å². The summed E-state index contributed by atoms with van der Waals surface area (Å²) in [7, 11) is 0. The summed E-state index contributed by atoms with van der Waals surface area (Å²) in [6.45, 7) is 5.59. The number of carbonyl (C=O) groups excluding carboxylic acids is 1. The number of aromatic carboxylic acids is 1. The largest absolute Gasteiger partial charge is 0.477 e. The van der Waals surface area contributed by atoms with Crippen LogP contribution in [0.1, 0.15) is 56.1 Å². The van der Waals surface area contributed by atoms with Gasteiger partial charge >= 0.3 is 5.97 Å². The SMILES string of the molecule is Cc1ccsc1C1CC1C(=O)NC(C)c1nc(C)c(C(=O)O)s1. The first-order valence-corrected chi connectivity index (χ1v) is 9.13. The molecule has 0 radical (unpaired) electrons. The van der Waals surface area contributed by atoms with E-state index in [0.29, 0.717) is 16.6 Å². The molecule has 0 aromatic carbocycles. The van der Waals surface area contributed by atoms with Crippen LogP contribution in [0.15, 0.2) is 11.4 Å². The molecule has 3 rings (SSSR count). The molecule has 2 heterocycles. The lowest BCUT2D eigenvalue weighted by Gasteiger charge is -2.11. The molecule has 0 bridgehead atoms. The Morgan fingerprint density at radius 1 is 1.43 bits per heavy atom. The summed E-state index contributed by atoms with van der Waals surface area (Å²) in [5, 5.41) is 14.8. The first-order chi connectivity index (χ1) is 10.9. The molecule has 2 aromatic heterocycles. The van der Waals surface area contributed by atoms with Gasteiger partial charge in [0.1, 0.15) is 9.88 Å². The highest BCUT2D eigenvalue weighted by Crippen LogP contribution is 2.50. The lowest BCUT2D eigenvalue weighted by atomic mass is 10.2. The van der Waals surface area contributed by atoms with Crippen LogP contribution in [0.2, 0.25) is 0 Å². The zero-order chi connectivity index (χ0) is 16.7. The van der Waals surface area contributed by atoms with E-state index in [1.165, 1.54) is 10.4 Å². The Balaban J connectivity index is 1.64. The van der Waals surface area contributed by atoms with Gasteiger partial charge in [-0.25, -0.2) is 9.78 Å². The van der Waals surface area contributed by atoms with Crippen molar-refractivity contribution in [1.82, 2.24) is 10.3 Å². The van der Waals surface area contributed by atoms with Gasteiger partial charge < -0.3 is 10.4 Å². The molecule has 1 amide bonds. The molecule has 1 fully saturated rings. The molecular formula is C16H18N2O3S2. The van der Waals surface area contributed by atoms with Crippen LogP contribution in [-0.2, 0) is 4.79 Å². The summed E-state index contributed by atoms with van der Waals surface area (Å²) in [5.74, 6) is -0.593. The lowest BCUT2D eigenvalue weighted by Crippen LogP contribution is -2.28. The average molecular weight is 350 g/mol. The zero-order valence-electron chi connectivity index (χ0n) is 13.1. The van der Waals surface area contributed by atoms with Gasteiger partial charge in [0.25, 0.3) is 0 Å². The van der Waals surface area contributed by atoms with E-state index in [4.69, 9.17) is 5.11 Å². The number of amides is 1. The van der Waals surface area contributed by atoms with Gasteiger partial charge in [0.05, 0.1) is 11.7 Å². The van der Waals surface area contributed by atoms with Crippen molar-refractivity contribution in [2.45, 2.75) is 39.2 Å². The number of carbonyl (C=O) groups is 2. The zero-order valence-corrected chi connectivity index (χ0v) is 14.8. The summed E-state index contributed by atoms with van der Waals surface area (Å²) in [5.41, 5.74) is 1.75. The van der Waals surface area contributed by atoms with Crippen molar-refractivity contribution in [3.05, 3.63) is 37.5 Å². The Labute approximate surface area is 142 Å². The first-order valence-electron chi connectivity index (χ1n) is 7.43. The summed E-state index contributed by atoms with van der Waals surface area (Å²) >= 11 is 2.84. The number of nitrogens with one attached hydrogen (secondary N) is 1. The minimum atomic E-state index is -0.972. The number of nitrogens with zero attached hydrogens (tertiary/aromatic N) is 1. The molecule has 122 valence electrons. The Bertz CT molecular complexity index is 765. The summed E-state index contributed by atoms with van der Waals surface area (Å²) in [6.07, 6.45) is 0.886. The highest BCUT2D eigenvalue weighted by molar-refractivity contribution is 7.13. The van der Waals surface area contributed by atoms with Crippen LogP contribution in [-0.4, -0.2) is 22.0 Å². The smallest absolute Gasteiger partial charge is 0.347 e. The molecule has 23 heavy (non-hydrogen) atoms. The monoisotopic (exact) mass is 350 g/mol. The average Bonchev–Trinajstić information content (AvgIpc) is 3.00. The lowest BCUT2D eigenvalue weighted by molar-refractivity contribution is -0.123. The third-order valence-corrected chi connectivity index (χ3v) is 6.58. The molecule has 5 nitrogen and oxygen atoms in total. The van der Waals surface area contributed by atoms with Gasteiger partial charge in [0.2, 0.25) is 5.91 Å². The molecule has 3 atom stereocenters. The number of carboxylic acids is 1. The number of hydrogen-bond acceptors (Lipinski definition) is 5. The van der Waals surface area contributed by atoms with Crippen LogP contribution in [0.3, 0.4) is 0 Å². The Morgan fingerprint density at radius 2 is 2.17 bits per heavy atom. The third kappa shape index (κ3) is 3.16. The second-order valence-electron chi connectivity index (χ2n) is 5.92. The number of thiazole rings is 1. The quantitative estimate of drug-likeness (QED) is 0.865. The molecule has 7 heteroatoms. The molecule has 0 aliphatic heterocycles. The maximum atomic E-state index is 12.4. The summed E-state index contributed by atoms with van der Waals surface area (Å²) in [4.78, 5) is 29.3. The second kappa shape index (κ2) is 6.05. The van der Waals surface area contributed by atoms with Crippen molar-refractivity contribution in [2.75, 3.05) is 0 Å². The van der Waals surface area contributed by atoms with E-state index in [2.05, 4.69) is 28.7 Å². The van der Waals surface area contributed by atoms with E-state index in [0.717, 1.165) is 17.8 Å². The van der Waals surface area contributed by atoms with Gasteiger partial charge in [-0.2, -0.15) is 0 Å². The molecule has 1 aliphatic carbocycles. The minimum Gasteiger partial charge on any atom is -0.477 e. The van der Waals surface area contributed by atoms with Gasteiger partial charge in [-0.15, -0.1) is 22.7 Å². The number of rotatable bonds is 5. The predicted molar refractivity (Wildman–Crippen MR) is 90.3 cm³/mol. The van der Waals surface area contributed by atoms with E-state index >= 15 is 0 Å². The molecule has 1 aliphatic rings. The highest BCUT2D eigenvalue weighted by atomic mass is 32.1. The summed E-state index contributed by atoms with van der Waals surface area (Å²) < 4.78 is 0. The van der Waals surface area contributed by atoms with Crippen LogP contribution in [0.25, 0.3) is 0 Å². The number of aromatic nitrogens is 1. The van der Waals surface area contributed by atoms with E-state index in [1.807, 2.05) is 6.92 Å². The van der Waals surface area contributed by atoms with Gasteiger partial charge in [0.15, 0.2) is 0 Å². The fraction of sp³-hybridized carbons (Fsp3) is 0.438. The van der Waals surface area contributed by atoms with Gasteiger partial charge in [-0.05, 0) is 44.2 Å². The fourth-order valence-electron chi connectivity index (χ4n) is 2.72. The van der Waals surface area contributed by atoms with E-state index in [9.17, 15) is 9.59 Å². The maximum Gasteiger partial charge on any atom is 0.347 e. The van der Waals surface area contributed by atoms with Crippen molar-refractivity contribution < 1.29 is 14.7 Å². The van der Waals surface area contributed by atoms with Gasteiger partial charge in [-0.3, -0.25) is 4.79 Å². The molecule has 2 N–H and O–H groups in total. The van der Waals surface area contributed by atoms with Crippen molar-refractivity contribution in [2.24, 2.45) is 5.92 Å². The molecule has 2 aromatic rings. The summed E-state index contributed by atoms with van der Waals surface area (Å²) in [6, 6.07) is 1.81. The third-order valence-electron chi connectivity index (χ3n) is 4.10. The molecule has 0 spiro atoms. The van der Waals surface area contributed by atoms with Crippen molar-refractivity contribution >= 4 is 34.6 Å². The predicted octanol–water partition coefficient (Wildman–Crippen LogP) is 3.50. The van der Waals surface area contributed by atoms with Crippen molar-refractivity contribution in [1.29, 1.82) is 0 Å². The van der Waals surface area contributed by atoms with E-state index < -0.39 is 5.97 Å². The van der Waals surface area contributed by atoms with Crippen molar-refractivity contribution in [3.63, 3.8) is 0 Å². The molecular weight excluding hydrogens is 332 g/mol. The standard InChI is InChI=1S/C16H18N2O3S2/c1-7-4-5-22-12(7)10-6-11(10)14(19)17-9(3)15-18-8(2)13(23-15)16(20)21/h4-5,9-11H,6H2,1-3H3,(H,17,19)(H,20,21). The first kappa shape index (κ1) is 16.1. The molecule has 3 unspecified atom stereocenters.